The highest BCUT2D eigenvalue weighted by molar-refractivity contribution is 6.29. The van der Waals surface area contributed by atoms with Crippen molar-refractivity contribution in [1.82, 2.24) is 14.9 Å². The highest BCUT2D eigenvalue weighted by atomic mass is 35.5. The normalized spacial score (nSPS) is 30.6. The number of nitrogens with zero attached hydrogens (tertiary/aromatic N) is 2. The minimum Gasteiger partial charge on any atom is -0.322 e. The maximum Gasteiger partial charge on any atom is 0.128 e. The molecule has 0 aliphatic heterocycles. The molecule has 0 spiro atoms. The van der Waals surface area contributed by atoms with Crippen LogP contribution in [0.3, 0.4) is 0 Å². The summed E-state index contributed by atoms with van der Waals surface area (Å²) >= 11 is 6.06. The van der Waals surface area contributed by atoms with Gasteiger partial charge in [-0.1, -0.05) is 25.4 Å². The number of halogens is 1. The minimum atomic E-state index is 0.352. The lowest BCUT2D eigenvalue weighted by molar-refractivity contribution is 0.516. The average Bonchev–Trinajstić information content (AvgIpc) is 3.13. The van der Waals surface area contributed by atoms with Gasteiger partial charge in [-0.25, -0.2) is 4.98 Å². The molecule has 2 atom stereocenters. The van der Waals surface area contributed by atoms with Crippen LogP contribution >= 0.6 is 11.6 Å². The van der Waals surface area contributed by atoms with E-state index in [1.165, 1.54) is 12.8 Å². The highest BCUT2D eigenvalue weighted by Gasteiger charge is 2.59. The van der Waals surface area contributed by atoms with E-state index in [1.54, 1.807) is 6.20 Å². The molecule has 0 amide bonds. The Kier molecular flexibility index (Phi) is 2.53. The molecule has 2 saturated carbocycles. The predicted molar refractivity (Wildman–Crippen MR) is 69.3 cm³/mol. The molecule has 3 rings (SSSR count). The third-order valence-electron chi connectivity index (χ3n) is 4.50. The molecule has 1 heterocycles. The Balaban J connectivity index is 1.72. The molecule has 0 aromatic carbocycles. The van der Waals surface area contributed by atoms with Gasteiger partial charge in [-0.15, -0.1) is 0 Å². The van der Waals surface area contributed by atoms with Crippen LogP contribution in [0.1, 0.15) is 38.4 Å². The summed E-state index contributed by atoms with van der Waals surface area (Å²) in [5, 5.41) is 4.36. The van der Waals surface area contributed by atoms with E-state index in [0.717, 1.165) is 23.6 Å². The zero-order valence-electron chi connectivity index (χ0n) is 10.7. The number of rotatable bonds is 4. The molecule has 2 aliphatic carbocycles. The summed E-state index contributed by atoms with van der Waals surface area (Å²) in [6.07, 6.45) is 4.47. The predicted octanol–water partition coefficient (Wildman–Crippen LogP) is 2.57. The smallest absolute Gasteiger partial charge is 0.128 e. The fourth-order valence-electron chi connectivity index (χ4n) is 2.91. The first-order valence-electron chi connectivity index (χ1n) is 6.42. The van der Waals surface area contributed by atoms with E-state index in [4.69, 9.17) is 11.6 Å². The number of hydrogen-bond acceptors (Lipinski definition) is 2. The molecule has 1 aromatic heterocycles. The molecule has 17 heavy (non-hydrogen) atoms. The highest BCUT2D eigenvalue weighted by Crippen LogP contribution is 2.63. The van der Waals surface area contributed by atoms with Crippen LogP contribution in [-0.4, -0.2) is 22.1 Å². The van der Waals surface area contributed by atoms with Crippen molar-refractivity contribution in [2.24, 2.45) is 18.4 Å². The molecular formula is C13H20ClN3. The number of imidazole rings is 1. The van der Waals surface area contributed by atoms with E-state index in [1.807, 2.05) is 11.6 Å². The Morgan fingerprint density at radius 2 is 2.24 bits per heavy atom. The van der Waals surface area contributed by atoms with Crippen molar-refractivity contribution < 1.29 is 0 Å². The molecule has 94 valence electrons. The van der Waals surface area contributed by atoms with Gasteiger partial charge in [0.1, 0.15) is 11.0 Å². The second-order valence-corrected chi connectivity index (χ2v) is 6.47. The fourth-order valence-corrected chi connectivity index (χ4v) is 3.05. The van der Waals surface area contributed by atoms with Gasteiger partial charge in [0.25, 0.3) is 0 Å². The van der Waals surface area contributed by atoms with E-state index >= 15 is 0 Å². The average molecular weight is 254 g/mol. The first-order chi connectivity index (χ1) is 8.01. The molecule has 1 N–H and O–H groups in total. The summed E-state index contributed by atoms with van der Waals surface area (Å²) in [4.78, 5) is 4.47. The zero-order chi connectivity index (χ0) is 12.2. The van der Waals surface area contributed by atoms with Crippen molar-refractivity contribution in [3.05, 3.63) is 17.2 Å². The lowest BCUT2D eigenvalue weighted by Gasteiger charge is -2.03. The quantitative estimate of drug-likeness (QED) is 0.894. The molecule has 2 fully saturated rings. The van der Waals surface area contributed by atoms with Crippen molar-refractivity contribution in [3.8, 4) is 0 Å². The van der Waals surface area contributed by atoms with Crippen LogP contribution in [0.2, 0.25) is 5.15 Å². The van der Waals surface area contributed by atoms with Gasteiger partial charge in [-0.2, -0.15) is 0 Å². The topological polar surface area (TPSA) is 29.9 Å². The van der Waals surface area contributed by atoms with Crippen LogP contribution in [0.25, 0.3) is 0 Å². The van der Waals surface area contributed by atoms with Gasteiger partial charge in [-0.05, 0) is 30.7 Å². The summed E-state index contributed by atoms with van der Waals surface area (Å²) < 4.78 is 2.02. The summed E-state index contributed by atoms with van der Waals surface area (Å²) in [5.41, 5.74) is 0.352. The molecular weight excluding hydrogens is 234 g/mol. The summed E-state index contributed by atoms with van der Waals surface area (Å²) in [5.74, 6) is 2.38. The van der Waals surface area contributed by atoms with Crippen LogP contribution in [0.15, 0.2) is 6.20 Å². The van der Waals surface area contributed by atoms with Gasteiger partial charge in [0.15, 0.2) is 0 Å². The van der Waals surface area contributed by atoms with Crippen LogP contribution in [-0.2, 0) is 7.05 Å². The molecule has 0 radical (unpaired) electrons. The fraction of sp³-hybridized carbons (Fsp3) is 0.769. The second kappa shape index (κ2) is 3.72. The van der Waals surface area contributed by atoms with Gasteiger partial charge in [0.05, 0.1) is 6.20 Å². The summed E-state index contributed by atoms with van der Waals surface area (Å²) in [6, 6.07) is 0.789. The summed E-state index contributed by atoms with van der Waals surface area (Å²) in [7, 11) is 2.00. The SMILES string of the molecule is Cn1c(Cl)cnc1C1C(CNC2CC2)C1(C)C. The lowest BCUT2D eigenvalue weighted by atomic mass is 10.1. The van der Waals surface area contributed by atoms with E-state index in [9.17, 15) is 0 Å². The Morgan fingerprint density at radius 1 is 1.53 bits per heavy atom. The Bertz CT molecular complexity index is 434. The van der Waals surface area contributed by atoms with Crippen molar-refractivity contribution in [2.75, 3.05) is 6.54 Å². The molecule has 2 aliphatic rings. The van der Waals surface area contributed by atoms with E-state index < -0.39 is 0 Å². The standard InChI is InChI=1S/C13H20ClN3/c1-13(2)9(6-15-8-4-5-8)11(13)12-16-7-10(14)17(12)3/h7-9,11,15H,4-6H2,1-3H3. The van der Waals surface area contributed by atoms with Crippen molar-refractivity contribution in [1.29, 1.82) is 0 Å². The molecule has 4 heteroatoms. The Labute approximate surface area is 108 Å². The second-order valence-electron chi connectivity index (χ2n) is 6.09. The van der Waals surface area contributed by atoms with Gasteiger partial charge in [0, 0.05) is 19.0 Å². The van der Waals surface area contributed by atoms with Gasteiger partial charge < -0.3 is 9.88 Å². The van der Waals surface area contributed by atoms with Crippen molar-refractivity contribution in [2.45, 2.75) is 38.6 Å². The van der Waals surface area contributed by atoms with E-state index in [2.05, 4.69) is 24.1 Å². The van der Waals surface area contributed by atoms with Crippen LogP contribution < -0.4 is 5.32 Å². The molecule has 1 aromatic rings. The van der Waals surface area contributed by atoms with Crippen molar-refractivity contribution >= 4 is 11.6 Å². The van der Waals surface area contributed by atoms with Crippen LogP contribution in [0, 0.1) is 11.3 Å². The largest absolute Gasteiger partial charge is 0.322 e. The first kappa shape index (κ1) is 11.5. The number of nitrogens with one attached hydrogen (secondary N) is 1. The van der Waals surface area contributed by atoms with E-state index in [0.29, 0.717) is 17.3 Å². The van der Waals surface area contributed by atoms with E-state index in [-0.39, 0.29) is 0 Å². The van der Waals surface area contributed by atoms with Crippen molar-refractivity contribution in [3.63, 3.8) is 0 Å². The third kappa shape index (κ3) is 1.89. The lowest BCUT2D eigenvalue weighted by Crippen LogP contribution is -2.20. The molecule has 0 bridgehead atoms. The Morgan fingerprint density at radius 3 is 2.76 bits per heavy atom. The molecule has 3 nitrogen and oxygen atoms in total. The van der Waals surface area contributed by atoms with Crippen LogP contribution in [0.5, 0.6) is 0 Å². The monoisotopic (exact) mass is 253 g/mol. The van der Waals surface area contributed by atoms with Gasteiger partial charge >= 0.3 is 0 Å². The molecule has 0 saturated heterocycles. The van der Waals surface area contributed by atoms with Gasteiger partial charge in [0.2, 0.25) is 0 Å². The number of hydrogen-bond donors (Lipinski definition) is 1. The maximum absolute atomic E-state index is 6.06. The summed E-state index contributed by atoms with van der Waals surface area (Å²) in [6.45, 7) is 5.78. The molecule has 2 unspecified atom stereocenters. The third-order valence-corrected chi connectivity index (χ3v) is 4.85. The number of aromatic nitrogens is 2. The Hall–Kier alpha value is -0.540. The van der Waals surface area contributed by atoms with Gasteiger partial charge in [-0.3, -0.25) is 0 Å². The first-order valence-corrected chi connectivity index (χ1v) is 6.80. The minimum absolute atomic E-state index is 0.352. The van der Waals surface area contributed by atoms with Crippen LogP contribution in [0.4, 0.5) is 0 Å². The zero-order valence-corrected chi connectivity index (χ0v) is 11.5. The maximum atomic E-state index is 6.06.